The van der Waals surface area contributed by atoms with Gasteiger partial charge in [-0.3, -0.25) is 38.1 Å². The summed E-state index contributed by atoms with van der Waals surface area (Å²) < 4.78 is 62.8. The highest BCUT2D eigenvalue weighted by atomic mass is 32.2. The zero-order valence-corrected chi connectivity index (χ0v) is 22.2. The van der Waals surface area contributed by atoms with Gasteiger partial charge >= 0.3 is 12.1 Å². The zero-order chi connectivity index (χ0) is 29.7. The van der Waals surface area contributed by atoms with Crippen LogP contribution in [-0.4, -0.2) is 106 Å². The van der Waals surface area contributed by atoms with E-state index in [0.29, 0.717) is 9.80 Å². The Morgan fingerprint density at radius 2 is 1.08 bits per heavy atom. The standard InChI is InChI=1S/C21H24N4O12S2/c1-3-22-16(26)14(18(28)24(20(22)30)12-38(32,33)34)10-8-6-5-7-9-11-15-17(27)23(4-2)21(31)25(19(15)29)13-39(35,36)37/h5-11,14H,3-4,12-13H2,1-2H3,(H,32,33,34)(H,35,36,37)/b6-5+,9-7+,10-8+,15-11+. The highest BCUT2D eigenvalue weighted by molar-refractivity contribution is 7.86. The fourth-order valence-corrected chi connectivity index (χ4v) is 4.55. The molecule has 212 valence electrons. The third-order valence-corrected chi connectivity index (χ3v) is 6.34. The van der Waals surface area contributed by atoms with Crippen LogP contribution in [0.25, 0.3) is 0 Å². The number of allylic oxidation sites excluding steroid dienone is 6. The minimum absolute atomic E-state index is 0.162. The van der Waals surface area contributed by atoms with Crippen molar-refractivity contribution < 1.29 is 54.7 Å². The molecule has 18 heteroatoms. The smallest absolute Gasteiger partial charge is 0.284 e. The van der Waals surface area contributed by atoms with Gasteiger partial charge in [-0.2, -0.15) is 16.8 Å². The summed E-state index contributed by atoms with van der Waals surface area (Å²) in [5.41, 5.74) is -0.554. The van der Waals surface area contributed by atoms with Gasteiger partial charge in [0.25, 0.3) is 32.1 Å². The summed E-state index contributed by atoms with van der Waals surface area (Å²) >= 11 is 0. The molecule has 1 unspecified atom stereocenters. The number of hydrogen-bond donors (Lipinski definition) is 2. The van der Waals surface area contributed by atoms with Gasteiger partial charge in [-0.05, 0) is 19.9 Å². The van der Waals surface area contributed by atoms with Crippen LogP contribution in [0.4, 0.5) is 9.59 Å². The summed E-state index contributed by atoms with van der Waals surface area (Å²) in [6.45, 7) is 2.50. The summed E-state index contributed by atoms with van der Waals surface area (Å²) in [5, 5.41) is 0. The normalized spacial score (nSPS) is 21.2. The van der Waals surface area contributed by atoms with Crippen LogP contribution in [0, 0.1) is 5.92 Å². The van der Waals surface area contributed by atoms with Crippen molar-refractivity contribution in [3.8, 4) is 0 Å². The number of carbonyl (C=O) groups is 6. The number of imide groups is 4. The Kier molecular flexibility index (Phi) is 9.80. The molecule has 0 aromatic heterocycles. The third-order valence-electron chi connectivity index (χ3n) is 5.17. The zero-order valence-electron chi connectivity index (χ0n) is 20.5. The minimum Gasteiger partial charge on any atom is -0.284 e. The maximum atomic E-state index is 12.5. The van der Waals surface area contributed by atoms with Crippen molar-refractivity contribution in [3.05, 3.63) is 48.1 Å². The lowest BCUT2D eigenvalue weighted by Crippen LogP contribution is -2.60. The van der Waals surface area contributed by atoms with E-state index in [0.717, 1.165) is 12.2 Å². The molecule has 2 heterocycles. The van der Waals surface area contributed by atoms with Crippen molar-refractivity contribution in [2.75, 3.05) is 24.8 Å². The number of amides is 8. The van der Waals surface area contributed by atoms with Crippen molar-refractivity contribution in [1.29, 1.82) is 0 Å². The molecule has 2 fully saturated rings. The first-order valence-corrected chi connectivity index (χ1v) is 14.2. The Bertz CT molecular complexity index is 1430. The molecule has 0 saturated carbocycles. The lowest BCUT2D eigenvalue weighted by Gasteiger charge is -2.34. The molecule has 2 aliphatic rings. The van der Waals surface area contributed by atoms with Crippen molar-refractivity contribution in [2.45, 2.75) is 13.8 Å². The van der Waals surface area contributed by atoms with E-state index in [1.54, 1.807) is 0 Å². The Morgan fingerprint density at radius 1 is 0.641 bits per heavy atom. The van der Waals surface area contributed by atoms with E-state index < -0.39 is 79.2 Å². The maximum Gasteiger partial charge on any atom is 0.334 e. The molecule has 39 heavy (non-hydrogen) atoms. The summed E-state index contributed by atoms with van der Waals surface area (Å²) in [5.74, 6) is -8.50. The summed E-state index contributed by atoms with van der Waals surface area (Å²) in [7, 11) is -9.53. The van der Waals surface area contributed by atoms with Crippen LogP contribution in [0.5, 0.6) is 0 Å². The van der Waals surface area contributed by atoms with E-state index >= 15 is 0 Å². The number of likely N-dealkylation sites (N-methyl/N-ethyl adjacent to an activating group) is 1. The van der Waals surface area contributed by atoms with E-state index in [9.17, 15) is 45.6 Å². The number of hydrogen-bond acceptors (Lipinski definition) is 10. The van der Waals surface area contributed by atoms with Crippen LogP contribution in [0.2, 0.25) is 0 Å². The molecule has 0 aromatic carbocycles. The van der Waals surface area contributed by atoms with E-state index in [2.05, 4.69) is 0 Å². The van der Waals surface area contributed by atoms with Crippen molar-refractivity contribution in [3.63, 3.8) is 0 Å². The second-order valence-electron chi connectivity index (χ2n) is 7.83. The van der Waals surface area contributed by atoms with Gasteiger partial charge in [0.05, 0.1) is 0 Å². The van der Waals surface area contributed by atoms with Gasteiger partial charge in [-0.15, -0.1) is 0 Å². The Balaban J connectivity index is 2.20. The van der Waals surface area contributed by atoms with E-state index in [4.69, 9.17) is 9.11 Å². The second-order valence-corrected chi connectivity index (χ2v) is 10.7. The number of nitrogens with zero attached hydrogens (tertiary/aromatic N) is 4. The molecule has 1 atom stereocenters. The summed E-state index contributed by atoms with van der Waals surface area (Å²) in [6, 6.07) is -2.40. The fourth-order valence-electron chi connectivity index (χ4n) is 3.43. The molecular weight excluding hydrogens is 564 g/mol. The summed E-state index contributed by atoms with van der Waals surface area (Å²) in [4.78, 5) is 76.1. The molecule has 2 rings (SSSR count). The van der Waals surface area contributed by atoms with E-state index in [-0.39, 0.29) is 22.9 Å². The molecular formula is C21H24N4O12S2. The average molecular weight is 589 g/mol. The quantitative estimate of drug-likeness (QED) is 0.108. The average Bonchev–Trinajstić information content (AvgIpc) is 2.82. The molecule has 2 N–H and O–H groups in total. The van der Waals surface area contributed by atoms with Gasteiger partial charge in [0.1, 0.15) is 11.5 Å². The fraction of sp³-hybridized carbons (Fsp3) is 0.333. The first-order valence-electron chi connectivity index (χ1n) is 11.0. The number of carbonyl (C=O) groups excluding carboxylic acids is 6. The van der Waals surface area contributed by atoms with Crippen molar-refractivity contribution >= 4 is 55.9 Å². The molecule has 8 amide bonds. The maximum absolute atomic E-state index is 12.5. The van der Waals surface area contributed by atoms with Gasteiger partial charge in [-0.1, -0.05) is 36.5 Å². The Morgan fingerprint density at radius 3 is 1.62 bits per heavy atom. The lowest BCUT2D eigenvalue weighted by molar-refractivity contribution is -0.146. The summed E-state index contributed by atoms with van der Waals surface area (Å²) in [6.07, 6.45) is 8.48. The predicted octanol–water partition coefficient (Wildman–Crippen LogP) is -0.490. The van der Waals surface area contributed by atoms with Gasteiger partial charge < -0.3 is 0 Å². The van der Waals surface area contributed by atoms with Gasteiger partial charge in [0.15, 0.2) is 11.8 Å². The Hall–Kier alpha value is -4.00. The number of rotatable bonds is 10. The molecule has 0 bridgehead atoms. The SMILES string of the molecule is CCN1C(=O)\C(=C/C=C/C=C/C=C/C2C(=O)N(CC)C(=O)N(CS(=O)(=O)O)C2=O)C(=O)N(CS(=O)(=O)O)C1=O. The van der Waals surface area contributed by atoms with Gasteiger partial charge in [0.2, 0.25) is 11.8 Å². The number of barbiturate groups is 2. The highest BCUT2D eigenvalue weighted by Gasteiger charge is 2.45. The third kappa shape index (κ3) is 7.53. The Labute approximate surface area is 223 Å². The van der Waals surface area contributed by atoms with E-state index in [1.165, 1.54) is 44.2 Å². The molecule has 2 aliphatic heterocycles. The van der Waals surface area contributed by atoms with Crippen LogP contribution in [0.15, 0.2) is 48.1 Å². The second kappa shape index (κ2) is 12.2. The van der Waals surface area contributed by atoms with Crippen molar-refractivity contribution in [2.24, 2.45) is 5.92 Å². The topological polar surface area (TPSA) is 224 Å². The first-order chi connectivity index (χ1) is 18.0. The molecule has 0 spiro atoms. The molecule has 0 aromatic rings. The molecule has 2 saturated heterocycles. The molecule has 16 nitrogen and oxygen atoms in total. The van der Waals surface area contributed by atoms with Gasteiger partial charge in [0, 0.05) is 13.1 Å². The number of urea groups is 2. The van der Waals surface area contributed by atoms with Crippen LogP contribution >= 0.6 is 0 Å². The first kappa shape index (κ1) is 31.2. The van der Waals surface area contributed by atoms with E-state index in [1.807, 2.05) is 0 Å². The lowest BCUT2D eigenvalue weighted by atomic mass is 10.0. The van der Waals surface area contributed by atoms with Crippen LogP contribution in [-0.2, 0) is 39.4 Å². The molecule has 0 radical (unpaired) electrons. The van der Waals surface area contributed by atoms with Crippen LogP contribution in [0.1, 0.15) is 13.8 Å². The monoisotopic (exact) mass is 588 g/mol. The highest BCUT2D eigenvalue weighted by Crippen LogP contribution is 2.20. The van der Waals surface area contributed by atoms with Crippen LogP contribution in [0.3, 0.4) is 0 Å². The van der Waals surface area contributed by atoms with Crippen molar-refractivity contribution in [1.82, 2.24) is 19.6 Å². The van der Waals surface area contributed by atoms with Gasteiger partial charge in [-0.25, -0.2) is 19.4 Å². The molecule has 0 aliphatic carbocycles. The largest absolute Gasteiger partial charge is 0.334 e. The minimum atomic E-state index is -4.77. The van der Waals surface area contributed by atoms with Crippen LogP contribution < -0.4 is 0 Å². The predicted molar refractivity (Wildman–Crippen MR) is 131 cm³/mol.